The van der Waals surface area contributed by atoms with Gasteiger partial charge >= 0.3 is 0 Å². The van der Waals surface area contributed by atoms with Gasteiger partial charge < -0.3 is 39.1 Å². The minimum Gasteiger partial charge on any atom is -0.496 e. The van der Waals surface area contributed by atoms with Crippen molar-refractivity contribution in [3.05, 3.63) is 222 Å². The van der Waals surface area contributed by atoms with Crippen LogP contribution in [0.15, 0.2) is 183 Å². The van der Waals surface area contributed by atoms with Gasteiger partial charge in [-0.15, -0.1) is 0 Å². The normalized spacial score (nSPS) is 11.6. The monoisotopic (exact) mass is 1510 g/mol. The molecule has 0 spiro atoms. The third-order valence-corrected chi connectivity index (χ3v) is 19.8. The lowest BCUT2D eigenvalue weighted by Crippen LogP contribution is -2.19. The molecule has 12 rings (SSSR count). The van der Waals surface area contributed by atoms with Crippen LogP contribution in [0, 0.1) is 11.6 Å². The molecule has 0 fully saturated rings. The fraction of sp³-hybridized carbons (Fsp3) is 0.418. The van der Waals surface area contributed by atoms with Crippen molar-refractivity contribution in [3.8, 4) is 67.8 Å². The molecule has 1 unspecified atom stereocenters. The van der Waals surface area contributed by atoms with Crippen molar-refractivity contribution in [2.75, 3.05) is 82.2 Å². The van der Waals surface area contributed by atoms with Crippen LogP contribution in [0.1, 0.15) is 153 Å². The highest BCUT2D eigenvalue weighted by Gasteiger charge is 2.21. The van der Waals surface area contributed by atoms with Crippen LogP contribution in [0.5, 0.6) is 11.5 Å². The van der Waals surface area contributed by atoms with Gasteiger partial charge in [-0.1, -0.05) is 165 Å². The van der Waals surface area contributed by atoms with Gasteiger partial charge in [0.1, 0.15) is 23.1 Å². The molecule has 5 N–H and O–H groups in total. The van der Waals surface area contributed by atoms with Crippen LogP contribution in [-0.2, 0) is 39.3 Å². The third-order valence-electron chi connectivity index (χ3n) is 19.8. The van der Waals surface area contributed by atoms with E-state index in [1.54, 1.807) is 38.5 Å². The number of nitrogens with zero attached hydrogens (tertiary/aromatic N) is 11. The van der Waals surface area contributed by atoms with Crippen LogP contribution in [0.4, 0.5) is 8.78 Å². The number of hydrogen-bond donors (Lipinski definition) is 5. The van der Waals surface area contributed by atoms with Crippen molar-refractivity contribution >= 4 is 21.5 Å². The fourth-order valence-corrected chi connectivity index (χ4v) is 13.4. The highest BCUT2D eigenvalue weighted by Crippen LogP contribution is 2.39. The van der Waals surface area contributed by atoms with E-state index in [0.29, 0.717) is 13.0 Å². The molecule has 12 aromatic rings. The first-order chi connectivity index (χ1) is 54.0. The molecule has 0 bridgehead atoms. The Morgan fingerprint density at radius 1 is 0.414 bits per heavy atom. The molecule has 7 aromatic carbocycles. The number of benzene rings is 7. The number of ether oxygens (including phenoxy) is 2. The maximum absolute atomic E-state index is 13.2. The minimum absolute atomic E-state index is 0.216. The fourth-order valence-electron chi connectivity index (χ4n) is 13.4. The van der Waals surface area contributed by atoms with Crippen LogP contribution >= 0.6 is 0 Å². The van der Waals surface area contributed by atoms with E-state index in [4.69, 9.17) is 14.6 Å². The molecule has 18 nitrogen and oxygen atoms in total. The van der Waals surface area contributed by atoms with Gasteiger partial charge in [0.2, 0.25) is 0 Å². The van der Waals surface area contributed by atoms with E-state index in [9.17, 15) is 13.9 Å². The van der Waals surface area contributed by atoms with Gasteiger partial charge in [0.25, 0.3) is 0 Å². The lowest BCUT2D eigenvalue weighted by molar-refractivity contribution is 0.153. The Morgan fingerprint density at radius 2 is 0.820 bits per heavy atom. The minimum atomic E-state index is -0.297. The van der Waals surface area contributed by atoms with Crippen molar-refractivity contribution in [3.63, 3.8) is 0 Å². The molecule has 0 saturated carbocycles. The average molecular weight is 1510 g/mol. The molecule has 594 valence electrons. The van der Waals surface area contributed by atoms with Gasteiger partial charge in [-0.05, 0) is 201 Å². The Morgan fingerprint density at radius 3 is 1.32 bits per heavy atom. The van der Waals surface area contributed by atoms with E-state index in [-0.39, 0.29) is 17.7 Å². The number of hydrogen-bond acceptors (Lipinski definition) is 13. The second-order valence-corrected chi connectivity index (χ2v) is 29.1. The second-order valence-electron chi connectivity index (χ2n) is 29.1. The van der Waals surface area contributed by atoms with E-state index in [2.05, 4.69) is 226 Å². The topological polar surface area (TPSA) is 187 Å². The lowest BCUT2D eigenvalue weighted by atomic mass is 10.00. The van der Waals surface area contributed by atoms with Gasteiger partial charge in [0.05, 0.1) is 79.1 Å². The van der Waals surface area contributed by atoms with Crippen LogP contribution in [0.25, 0.3) is 77.8 Å². The Kier molecular flexibility index (Phi) is 36.7. The summed E-state index contributed by atoms with van der Waals surface area (Å²) in [6.45, 7) is 23.5. The third kappa shape index (κ3) is 27.1. The van der Waals surface area contributed by atoms with E-state index >= 15 is 0 Å². The highest BCUT2D eigenvalue weighted by atomic mass is 19.1. The van der Waals surface area contributed by atoms with Gasteiger partial charge in [0, 0.05) is 95.5 Å². The molecule has 111 heavy (non-hydrogen) atoms. The molecule has 0 radical (unpaired) electrons. The number of aliphatic hydroxyl groups excluding tert-OH is 1. The summed E-state index contributed by atoms with van der Waals surface area (Å²) in [7, 11) is 14.1. The molecule has 5 heterocycles. The summed E-state index contributed by atoms with van der Waals surface area (Å²) in [4.78, 5) is 11.6. The molecule has 0 aliphatic heterocycles. The van der Waals surface area contributed by atoms with Crippen LogP contribution in [0.3, 0.4) is 0 Å². The summed E-state index contributed by atoms with van der Waals surface area (Å²) in [6, 6.07) is 48.8. The Labute approximate surface area is 659 Å². The summed E-state index contributed by atoms with van der Waals surface area (Å²) in [5.41, 5.74) is 16.3. The smallest absolute Gasteiger partial charge is 0.131 e. The predicted molar refractivity (Wildman–Crippen MR) is 454 cm³/mol. The average Bonchev–Trinajstić information content (AvgIpc) is 1.81. The summed E-state index contributed by atoms with van der Waals surface area (Å²) < 4.78 is 39.1. The number of aromatic nitrogens is 10. The van der Waals surface area contributed by atoms with E-state index in [1.807, 2.05) is 54.6 Å². The number of rotatable bonds is 37. The number of halogens is 2. The molecular weight excluding hydrogens is 1390 g/mol. The molecular formula is C91H123F2N15O3. The van der Waals surface area contributed by atoms with Gasteiger partial charge in [-0.2, -0.15) is 25.5 Å². The maximum atomic E-state index is 13.2. The number of aryl methyl sites for hydroxylation is 1. The molecule has 0 aliphatic carbocycles. The van der Waals surface area contributed by atoms with Crippen molar-refractivity contribution in [1.82, 2.24) is 75.1 Å². The number of aliphatic hydroxyl groups is 1. The van der Waals surface area contributed by atoms with Gasteiger partial charge in [-0.25, -0.2) is 8.78 Å². The zero-order valence-electron chi connectivity index (χ0n) is 68.3. The molecule has 20 heteroatoms. The van der Waals surface area contributed by atoms with Crippen LogP contribution in [0.2, 0.25) is 0 Å². The zero-order valence-corrected chi connectivity index (χ0v) is 68.3. The van der Waals surface area contributed by atoms with Crippen molar-refractivity contribution in [2.45, 2.75) is 170 Å². The highest BCUT2D eigenvalue weighted by molar-refractivity contribution is 5.96. The summed E-state index contributed by atoms with van der Waals surface area (Å²) in [5, 5.41) is 48.9. The Hall–Kier alpha value is -9.67. The number of fused-ring (bicyclic) bond motifs is 2. The van der Waals surface area contributed by atoms with Crippen molar-refractivity contribution in [1.29, 1.82) is 0 Å². The number of aromatic amines is 4. The Balaban J connectivity index is 0.000000174. The predicted octanol–water partition coefficient (Wildman–Crippen LogP) is 20.2. The van der Waals surface area contributed by atoms with Gasteiger partial charge in [-0.3, -0.25) is 25.1 Å². The number of methoxy groups -OCH3 is 2. The van der Waals surface area contributed by atoms with E-state index in [0.717, 1.165) is 145 Å². The summed E-state index contributed by atoms with van der Waals surface area (Å²) in [6.07, 6.45) is 24.2. The van der Waals surface area contributed by atoms with Crippen LogP contribution in [-0.4, -0.2) is 168 Å². The molecule has 0 saturated heterocycles. The van der Waals surface area contributed by atoms with Crippen molar-refractivity contribution in [2.24, 2.45) is 0 Å². The maximum Gasteiger partial charge on any atom is 0.131 e. The van der Waals surface area contributed by atoms with Gasteiger partial charge in [0.15, 0.2) is 0 Å². The number of unbranched alkanes of at least 4 members (excludes halogenated alkanes) is 6. The van der Waals surface area contributed by atoms with E-state index in [1.165, 1.54) is 139 Å². The Bertz CT molecular complexity index is 4550. The molecule has 0 amide bonds. The molecule has 0 aliphatic rings. The lowest BCUT2D eigenvalue weighted by Gasteiger charge is -2.17. The first kappa shape index (κ1) is 86.9. The number of nitrogens with one attached hydrogen (secondary N) is 4. The number of H-pyrrole nitrogens is 4. The second kappa shape index (κ2) is 46.9. The van der Waals surface area contributed by atoms with Crippen molar-refractivity contribution < 1.29 is 23.4 Å². The first-order valence-corrected chi connectivity index (χ1v) is 40.0. The zero-order chi connectivity index (χ0) is 79.3. The molecule has 1 atom stereocenters. The summed E-state index contributed by atoms with van der Waals surface area (Å²) in [5.74, 6) is 1.10. The van der Waals surface area contributed by atoms with Crippen LogP contribution < -0.4 is 9.47 Å². The quantitative estimate of drug-likeness (QED) is 0.0232. The first-order valence-electron chi connectivity index (χ1n) is 40.0. The summed E-state index contributed by atoms with van der Waals surface area (Å²) >= 11 is 0. The standard InChI is InChI=1S/C20H30FN3O.2C19H23N3.C17H25N3O2.C16H22FN3/c1-4-6-12-23(3)14-17-15-24(13-11-19(25)5-2)22-20(17)16-7-9-18(21)10-8-16;1-3-4-12-22(2)14-16-13-20-21-19(16)18-11-7-9-15-8-5-6-10-17(15)18;1-3-4-11-22(2)14-18-13-20-21-19(18)17-10-9-15-7-5-6-8-16(15)12-17;1-5-6-10-20(2)12-13-11-18-19-17(13)16-14(21-3)8-7-9-15(16)22-4;1-3-4-5-10-20(2)12-14-11-18-19-16(14)13-6-8-15(17)9-7-13/h7-10,15,19,25H,4-6,11-14H2,1-3H3;5-11,13H,3-4,12,14H2,1-2H3,(H,20,21);5-10,12-13H,3-4,11,14H2,1-2H3,(H,20,21);7-9,11H,5-6,10,12H2,1-4H3,(H,18,19);6-9,11H,3-5,10,12H2,1-2H3,(H,18,19). The van der Waals surface area contributed by atoms with E-state index < -0.39 is 0 Å². The largest absolute Gasteiger partial charge is 0.496 e. The SMILES string of the molecule is CCCCCN(C)Cc1cn[nH]c1-c1ccc(F)cc1.CCCCN(C)Cc1cn(CCC(O)CC)nc1-c1ccc(F)cc1.CCCCN(C)Cc1cn[nH]c1-c1c(OC)cccc1OC.CCCCN(C)Cc1cn[nH]c1-c1ccc2ccccc2c1.CCCCN(C)Cc1cn[nH]c1-c1cccc2ccccc12. The molecule has 5 aromatic heterocycles.